The molecule has 8 heteroatoms. The molecule has 0 aliphatic rings. The molecule has 1 heterocycles. The molecule has 3 rings (SSSR count). The summed E-state index contributed by atoms with van der Waals surface area (Å²) in [5, 5.41) is 11.9. The molecule has 7 nitrogen and oxygen atoms in total. The van der Waals surface area contributed by atoms with Crippen molar-refractivity contribution in [1.82, 2.24) is 14.8 Å². The van der Waals surface area contributed by atoms with E-state index in [1.54, 1.807) is 12.1 Å². The average Bonchev–Trinajstić information content (AvgIpc) is 3.18. The van der Waals surface area contributed by atoms with Gasteiger partial charge in [0, 0.05) is 11.4 Å². The molecule has 0 aliphatic heterocycles. The Hall–Kier alpha value is -3.13. The monoisotopic (exact) mass is 452 g/mol. The number of benzene rings is 2. The fourth-order valence-corrected chi connectivity index (χ4v) is 3.99. The lowest BCUT2D eigenvalue weighted by atomic mass is 10.1. The second-order valence-corrected chi connectivity index (χ2v) is 8.14. The molecule has 1 N–H and O–H groups in total. The summed E-state index contributed by atoms with van der Waals surface area (Å²) in [6.07, 6.45) is 2.22. The number of aromatic nitrogens is 3. The van der Waals surface area contributed by atoms with E-state index in [0.717, 1.165) is 39.9 Å². The Morgan fingerprint density at radius 1 is 1.09 bits per heavy atom. The molecule has 0 bridgehead atoms. The van der Waals surface area contributed by atoms with E-state index in [-0.39, 0.29) is 5.91 Å². The first-order chi connectivity index (χ1) is 15.4. The van der Waals surface area contributed by atoms with Crippen LogP contribution in [0.5, 0.6) is 0 Å². The SMILES string of the molecule is CCc1cccc(C)c1NC(=O)C(CC)OC(=O)c1ccc(-n2c(C)nnc2SC)cc1. The second kappa shape index (κ2) is 10.5. The van der Waals surface area contributed by atoms with Gasteiger partial charge in [-0.25, -0.2) is 4.79 Å². The number of hydrogen-bond donors (Lipinski definition) is 1. The van der Waals surface area contributed by atoms with Crippen molar-refractivity contribution in [2.24, 2.45) is 0 Å². The van der Waals surface area contributed by atoms with Crippen molar-refractivity contribution < 1.29 is 14.3 Å². The van der Waals surface area contributed by atoms with Gasteiger partial charge in [0.05, 0.1) is 5.56 Å². The standard InChI is InChI=1S/C24H28N4O3S/c1-6-17-10-8-9-15(3)21(17)25-22(29)20(7-2)31-23(30)18-11-13-19(14-12-18)28-16(4)26-27-24(28)32-5/h8-14,20H,6-7H2,1-5H3,(H,25,29). The minimum atomic E-state index is -0.880. The number of esters is 1. The van der Waals surface area contributed by atoms with Gasteiger partial charge in [0.2, 0.25) is 0 Å². The second-order valence-electron chi connectivity index (χ2n) is 7.37. The first-order valence-electron chi connectivity index (χ1n) is 10.6. The molecule has 1 amide bonds. The highest BCUT2D eigenvalue weighted by Crippen LogP contribution is 2.23. The van der Waals surface area contributed by atoms with Gasteiger partial charge in [-0.15, -0.1) is 10.2 Å². The van der Waals surface area contributed by atoms with Gasteiger partial charge in [0.25, 0.3) is 5.91 Å². The predicted molar refractivity (Wildman–Crippen MR) is 127 cm³/mol. The van der Waals surface area contributed by atoms with Crippen molar-refractivity contribution in [3.8, 4) is 5.69 Å². The van der Waals surface area contributed by atoms with Crippen LogP contribution in [-0.2, 0) is 16.0 Å². The van der Waals surface area contributed by atoms with Gasteiger partial charge < -0.3 is 10.1 Å². The Morgan fingerprint density at radius 3 is 2.44 bits per heavy atom. The fraction of sp³-hybridized carbons (Fsp3) is 0.333. The Labute approximate surface area is 192 Å². The number of carbonyl (C=O) groups excluding carboxylic acids is 2. The van der Waals surface area contributed by atoms with E-state index in [1.807, 2.05) is 68.8 Å². The van der Waals surface area contributed by atoms with Crippen LogP contribution in [0.2, 0.25) is 0 Å². The number of rotatable bonds is 8. The number of ether oxygens (including phenoxy) is 1. The van der Waals surface area contributed by atoms with E-state index in [2.05, 4.69) is 15.5 Å². The van der Waals surface area contributed by atoms with E-state index >= 15 is 0 Å². The molecule has 0 radical (unpaired) electrons. The number of carbonyl (C=O) groups is 2. The molecular formula is C24H28N4O3S. The van der Waals surface area contributed by atoms with Crippen molar-refractivity contribution in [1.29, 1.82) is 0 Å². The van der Waals surface area contributed by atoms with Crippen LogP contribution in [0, 0.1) is 13.8 Å². The molecule has 0 saturated carbocycles. The largest absolute Gasteiger partial charge is 0.449 e. The van der Waals surface area contributed by atoms with E-state index < -0.39 is 12.1 Å². The van der Waals surface area contributed by atoms with Crippen molar-refractivity contribution in [3.05, 3.63) is 65.0 Å². The maximum absolute atomic E-state index is 12.8. The molecule has 0 saturated heterocycles. The van der Waals surface area contributed by atoms with Gasteiger partial charge in [-0.1, -0.05) is 43.8 Å². The lowest BCUT2D eigenvalue weighted by Crippen LogP contribution is -2.32. The van der Waals surface area contributed by atoms with Crippen LogP contribution in [0.15, 0.2) is 47.6 Å². The fourth-order valence-electron chi connectivity index (χ4n) is 3.44. The van der Waals surface area contributed by atoms with Gasteiger partial charge in [0.1, 0.15) is 5.82 Å². The van der Waals surface area contributed by atoms with Gasteiger partial charge >= 0.3 is 5.97 Å². The normalized spacial score (nSPS) is 11.8. The van der Waals surface area contributed by atoms with E-state index in [9.17, 15) is 9.59 Å². The zero-order valence-electron chi connectivity index (χ0n) is 19.0. The van der Waals surface area contributed by atoms with Crippen molar-refractivity contribution >= 4 is 29.3 Å². The van der Waals surface area contributed by atoms with Gasteiger partial charge in [0.15, 0.2) is 11.3 Å². The molecule has 2 aromatic carbocycles. The number of aryl methyl sites for hydroxylation is 3. The number of amides is 1. The average molecular weight is 453 g/mol. The van der Waals surface area contributed by atoms with Crippen LogP contribution in [0.4, 0.5) is 5.69 Å². The van der Waals surface area contributed by atoms with Crippen molar-refractivity contribution in [3.63, 3.8) is 0 Å². The number of para-hydroxylation sites is 1. The van der Waals surface area contributed by atoms with Crippen molar-refractivity contribution in [2.45, 2.75) is 51.8 Å². The molecule has 1 unspecified atom stereocenters. The summed E-state index contributed by atoms with van der Waals surface area (Å²) >= 11 is 1.49. The zero-order valence-corrected chi connectivity index (χ0v) is 19.8. The molecular weight excluding hydrogens is 424 g/mol. The van der Waals surface area contributed by atoms with Crippen LogP contribution in [-0.4, -0.2) is 39.0 Å². The summed E-state index contributed by atoms with van der Waals surface area (Å²) in [5.74, 6) is -0.106. The number of anilines is 1. The smallest absolute Gasteiger partial charge is 0.338 e. The minimum absolute atomic E-state index is 0.328. The molecule has 1 atom stereocenters. The molecule has 0 aliphatic carbocycles. The summed E-state index contributed by atoms with van der Waals surface area (Å²) in [7, 11) is 0. The van der Waals surface area contributed by atoms with E-state index in [4.69, 9.17) is 4.74 Å². The maximum atomic E-state index is 12.8. The Kier molecular flexibility index (Phi) is 7.69. The van der Waals surface area contributed by atoms with Gasteiger partial charge in [-0.05, 0) is 68.3 Å². The molecule has 0 fully saturated rings. The number of hydrogen-bond acceptors (Lipinski definition) is 6. The van der Waals surface area contributed by atoms with Gasteiger partial charge in [-0.2, -0.15) is 0 Å². The number of nitrogens with one attached hydrogen (secondary N) is 1. The topological polar surface area (TPSA) is 86.1 Å². The number of thioether (sulfide) groups is 1. The van der Waals surface area contributed by atoms with Crippen molar-refractivity contribution in [2.75, 3.05) is 11.6 Å². The lowest BCUT2D eigenvalue weighted by molar-refractivity contribution is -0.124. The molecule has 3 aromatic rings. The van der Waals surface area contributed by atoms with Crippen LogP contribution in [0.1, 0.15) is 47.6 Å². The molecule has 1 aromatic heterocycles. The Balaban J connectivity index is 1.72. The highest BCUT2D eigenvalue weighted by Gasteiger charge is 2.23. The lowest BCUT2D eigenvalue weighted by Gasteiger charge is -2.19. The maximum Gasteiger partial charge on any atom is 0.338 e. The highest BCUT2D eigenvalue weighted by molar-refractivity contribution is 7.98. The van der Waals surface area contributed by atoms with Gasteiger partial charge in [-0.3, -0.25) is 9.36 Å². The molecule has 0 spiro atoms. The summed E-state index contributed by atoms with van der Waals surface area (Å²) in [5.41, 5.74) is 4.03. The third-order valence-corrected chi connectivity index (χ3v) is 5.87. The summed E-state index contributed by atoms with van der Waals surface area (Å²) in [6, 6.07) is 12.9. The molecule has 168 valence electrons. The first-order valence-corrected chi connectivity index (χ1v) is 11.8. The first kappa shape index (κ1) is 23.5. The highest BCUT2D eigenvalue weighted by atomic mass is 32.2. The Bertz CT molecular complexity index is 1110. The van der Waals surface area contributed by atoms with Crippen LogP contribution >= 0.6 is 11.8 Å². The van der Waals surface area contributed by atoms with Crippen LogP contribution in [0.3, 0.4) is 0 Å². The predicted octanol–water partition coefficient (Wildman–Crippen LogP) is 4.74. The van der Waals surface area contributed by atoms with Crippen LogP contribution < -0.4 is 5.32 Å². The molecule has 32 heavy (non-hydrogen) atoms. The minimum Gasteiger partial charge on any atom is -0.449 e. The quantitative estimate of drug-likeness (QED) is 0.392. The third-order valence-electron chi connectivity index (χ3n) is 5.24. The third kappa shape index (κ3) is 5.02. The number of nitrogens with zero attached hydrogens (tertiary/aromatic N) is 3. The summed E-state index contributed by atoms with van der Waals surface area (Å²) < 4.78 is 7.46. The summed E-state index contributed by atoms with van der Waals surface area (Å²) in [6.45, 7) is 7.67. The van der Waals surface area contributed by atoms with Crippen LogP contribution in [0.25, 0.3) is 5.69 Å². The zero-order chi connectivity index (χ0) is 23.3. The Morgan fingerprint density at radius 2 is 1.81 bits per heavy atom. The van der Waals surface area contributed by atoms with E-state index in [0.29, 0.717) is 12.0 Å². The summed E-state index contributed by atoms with van der Waals surface area (Å²) in [4.78, 5) is 25.6. The van der Waals surface area contributed by atoms with E-state index in [1.165, 1.54) is 11.8 Å².